The molecule has 1 heterocycles. The van der Waals surface area contributed by atoms with Gasteiger partial charge in [-0.1, -0.05) is 11.6 Å². The van der Waals surface area contributed by atoms with Crippen molar-refractivity contribution in [2.24, 2.45) is 5.92 Å². The second kappa shape index (κ2) is 7.83. The van der Waals surface area contributed by atoms with Gasteiger partial charge in [-0.2, -0.15) is 0 Å². The molecule has 5 nitrogen and oxygen atoms in total. The summed E-state index contributed by atoms with van der Waals surface area (Å²) in [7, 11) is 1.39. The second-order valence-corrected chi connectivity index (χ2v) is 6.33. The van der Waals surface area contributed by atoms with E-state index in [4.69, 9.17) is 21.1 Å². The molecule has 0 bridgehead atoms. The predicted molar refractivity (Wildman–Crippen MR) is 86.0 cm³/mol. The first-order valence-corrected chi connectivity index (χ1v) is 8.12. The highest BCUT2D eigenvalue weighted by Crippen LogP contribution is 2.28. The monoisotopic (exact) mass is 389 g/mol. The molecule has 0 aromatic heterocycles. The fraction of sp³-hybridized carbons (Fsp3) is 0.467. The number of esters is 1. The number of likely N-dealkylation sites (tertiary alicyclic amines) is 1. The van der Waals surface area contributed by atoms with E-state index in [0.29, 0.717) is 41.2 Å². The maximum absolute atomic E-state index is 12.1. The average Bonchev–Trinajstić information content (AvgIpc) is 2.53. The Bertz CT molecular complexity index is 558. The number of nitrogens with zero attached hydrogens (tertiary/aromatic N) is 1. The third-order valence-electron chi connectivity index (χ3n) is 3.63. The van der Waals surface area contributed by atoms with Gasteiger partial charge in [-0.3, -0.25) is 9.59 Å². The SMILES string of the molecule is COC(=O)C1CCN(C(=O)COc2ccc(Cl)cc2Br)CC1. The van der Waals surface area contributed by atoms with Crippen molar-refractivity contribution in [3.8, 4) is 5.75 Å². The first-order valence-electron chi connectivity index (χ1n) is 6.94. The van der Waals surface area contributed by atoms with Crippen LogP contribution in [0, 0.1) is 5.92 Å². The molecule has 0 aliphatic carbocycles. The van der Waals surface area contributed by atoms with Crippen LogP contribution in [-0.2, 0) is 14.3 Å². The predicted octanol–water partition coefficient (Wildman–Crippen LogP) is 2.89. The van der Waals surface area contributed by atoms with E-state index in [1.54, 1.807) is 23.1 Å². The minimum atomic E-state index is -0.201. The summed E-state index contributed by atoms with van der Waals surface area (Å²) in [6.45, 7) is 1.05. The van der Waals surface area contributed by atoms with Crippen molar-refractivity contribution in [1.29, 1.82) is 0 Å². The highest BCUT2D eigenvalue weighted by atomic mass is 79.9. The fourth-order valence-electron chi connectivity index (χ4n) is 2.35. The first-order chi connectivity index (χ1) is 10.5. The Morgan fingerprint density at radius 1 is 1.36 bits per heavy atom. The van der Waals surface area contributed by atoms with E-state index < -0.39 is 0 Å². The number of hydrogen-bond acceptors (Lipinski definition) is 4. The summed E-state index contributed by atoms with van der Waals surface area (Å²) in [5.41, 5.74) is 0. The molecule has 0 atom stereocenters. The summed E-state index contributed by atoms with van der Waals surface area (Å²) < 4.78 is 11.0. The summed E-state index contributed by atoms with van der Waals surface area (Å²) in [6.07, 6.45) is 1.26. The van der Waals surface area contributed by atoms with Gasteiger partial charge in [0.05, 0.1) is 17.5 Å². The Hall–Kier alpha value is -1.27. The Morgan fingerprint density at radius 3 is 2.64 bits per heavy atom. The molecule has 0 N–H and O–H groups in total. The van der Waals surface area contributed by atoms with Crippen LogP contribution in [0.1, 0.15) is 12.8 Å². The molecule has 0 saturated carbocycles. The van der Waals surface area contributed by atoms with Gasteiger partial charge in [0.1, 0.15) is 5.75 Å². The normalized spacial score (nSPS) is 15.5. The number of carbonyl (C=O) groups is 2. The number of hydrogen-bond donors (Lipinski definition) is 0. The molecule has 7 heteroatoms. The molecule has 22 heavy (non-hydrogen) atoms. The lowest BCUT2D eigenvalue weighted by molar-refractivity contribution is -0.149. The number of carbonyl (C=O) groups excluding carboxylic acids is 2. The molecule has 2 rings (SSSR count). The van der Waals surface area contributed by atoms with E-state index in [-0.39, 0.29) is 24.4 Å². The first kappa shape index (κ1) is 17.1. The maximum atomic E-state index is 12.1. The quantitative estimate of drug-likeness (QED) is 0.742. The minimum absolute atomic E-state index is 0.0386. The van der Waals surface area contributed by atoms with Crippen LogP contribution in [-0.4, -0.2) is 43.6 Å². The molecule has 1 aliphatic heterocycles. The summed E-state index contributed by atoms with van der Waals surface area (Å²) in [6, 6.07) is 5.13. The third-order valence-corrected chi connectivity index (χ3v) is 4.48. The molecule has 1 aliphatic rings. The van der Waals surface area contributed by atoms with Crippen LogP contribution in [0.2, 0.25) is 5.02 Å². The molecule has 1 aromatic rings. The van der Waals surface area contributed by atoms with Gasteiger partial charge in [-0.15, -0.1) is 0 Å². The standard InChI is InChI=1S/C15H17BrClNO4/c1-21-15(20)10-4-6-18(7-5-10)14(19)9-22-13-3-2-11(17)8-12(13)16/h2-3,8,10H,4-7,9H2,1H3. The van der Waals surface area contributed by atoms with E-state index in [0.717, 1.165) is 0 Å². The zero-order valence-electron chi connectivity index (χ0n) is 12.2. The molecular weight excluding hydrogens is 374 g/mol. The molecule has 0 radical (unpaired) electrons. The van der Waals surface area contributed by atoms with Crippen LogP contribution in [0.25, 0.3) is 0 Å². The van der Waals surface area contributed by atoms with Gasteiger partial charge in [-0.25, -0.2) is 0 Å². The van der Waals surface area contributed by atoms with Crippen LogP contribution in [0.15, 0.2) is 22.7 Å². The molecule has 1 aromatic carbocycles. The smallest absolute Gasteiger partial charge is 0.308 e. The van der Waals surface area contributed by atoms with E-state index >= 15 is 0 Å². The third kappa shape index (κ3) is 4.36. The molecule has 1 fully saturated rings. The fourth-order valence-corrected chi connectivity index (χ4v) is 3.15. The Balaban J connectivity index is 1.82. The highest BCUT2D eigenvalue weighted by Gasteiger charge is 2.27. The van der Waals surface area contributed by atoms with Crippen molar-refractivity contribution in [3.63, 3.8) is 0 Å². The van der Waals surface area contributed by atoms with Crippen molar-refractivity contribution < 1.29 is 19.1 Å². The number of rotatable bonds is 4. The number of benzene rings is 1. The van der Waals surface area contributed by atoms with Crippen molar-refractivity contribution in [2.45, 2.75) is 12.8 Å². The van der Waals surface area contributed by atoms with E-state index in [1.165, 1.54) is 7.11 Å². The lowest BCUT2D eigenvalue weighted by Gasteiger charge is -2.30. The van der Waals surface area contributed by atoms with Gasteiger partial charge in [0.25, 0.3) is 5.91 Å². The van der Waals surface area contributed by atoms with Gasteiger partial charge in [0.2, 0.25) is 0 Å². The van der Waals surface area contributed by atoms with Crippen molar-refractivity contribution >= 4 is 39.4 Å². The van der Waals surface area contributed by atoms with Gasteiger partial charge in [0, 0.05) is 18.1 Å². The van der Waals surface area contributed by atoms with Crippen LogP contribution < -0.4 is 4.74 Å². The van der Waals surface area contributed by atoms with Gasteiger partial charge in [0.15, 0.2) is 6.61 Å². The molecule has 0 unspecified atom stereocenters. The lowest BCUT2D eigenvalue weighted by Crippen LogP contribution is -2.42. The Morgan fingerprint density at radius 2 is 2.05 bits per heavy atom. The van der Waals surface area contributed by atoms with Crippen molar-refractivity contribution in [3.05, 3.63) is 27.7 Å². The van der Waals surface area contributed by atoms with Crippen molar-refractivity contribution in [1.82, 2.24) is 4.90 Å². The number of piperidine rings is 1. The summed E-state index contributed by atoms with van der Waals surface area (Å²) in [5.74, 6) is 0.168. The number of methoxy groups -OCH3 is 1. The zero-order chi connectivity index (χ0) is 16.1. The van der Waals surface area contributed by atoms with E-state index in [9.17, 15) is 9.59 Å². The van der Waals surface area contributed by atoms with Gasteiger partial charge in [-0.05, 0) is 47.0 Å². The molecule has 120 valence electrons. The molecule has 1 saturated heterocycles. The van der Waals surface area contributed by atoms with Crippen LogP contribution in [0.5, 0.6) is 5.75 Å². The average molecular weight is 391 g/mol. The Labute approximate surface area is 142 Å². The maximum Gasteiger partial charge on any atom is 0.308 e. The lowest BCUT2D eigenvalue weighted by atomic mass is 9.97. The van der Waals surface area contributed by atoms with E-state index in [2.05, 4.69) is 15.9 Å². The van der Waals surface area contributed by atoms with Crippen LogP contribution in [0.4, 0.5) is 0 Å². The van der Waals surface area contributed by atoms with Crippen LogP contribution in [0.3, 0.4) is 0 Å². The molecule has 1 amide bonds. The zero-order valence-corrected chi connectivity index (χ0v) is 14.5. The Kier molecular flexibility index (Phi) is 6.08. The number of halogens is 2. The largest absolute Gasteiger partial charge is 0.483 e. The summed E-state index contributed by atoms with van der Waals surface area (Å²) in [4.78, 5) is 25.3. The minimum Gasteiger partial charge on any atom is -0.483 e. The topological polar surface area (TPSA) is 55.8 Å². The second-order valence-electron chi connectivity index (χ2n) is 5.04. The summed E-state index contributed by atoms with van der Waals surface area (Å²) in [5, 5.41) is 0.593. The molecular formula is C15H17BrClNO4. The van der Waals surface area contributed by atoms with Crippen molar-refractivity contribution in [2.75, 3.05) is 26.8 Å². The number of amides is 1. The van der Waals surface area contributed by atoms with E-state index in [1.807, 2.05) is 0 Å². The van der Waals surface area contributed by atoms with Crippen LogP contribution >= 0.6 is 27.5 Å². The number of ether oxygens (including phenoxy) is 2. The summed E-state index contributed by atoms with van der Waals surface area (Å²) >= 11 is 9.19. The van der Waals surface area contributed by atoms with Gasteiger partial charge >= 0.3 is 5.97 Å². The highest BCUT2D eigenvalue weighted by molar-refractivity contribution is 9.10. The van der Waals surface area contributed by atoms with Gasteiger partial charge < -0.3 is 14.4 Å². The molecule has 0 spiro atoms.